The number of carbonyl (C=O) groups is 1. The smallest absolute Gasteiger partial charge is 0.222 e. The lowest BCUT2D eigenvalue weighted by atomic mass is 10.1. The molecule has 1 aromatic heterocycles. The number of hydrogen-bond donors (Lipinski definition) is 0. The summed E-state index contributed by atoms with van der Waals surface area (Å²) in [5.74, 6) is 0.298. The molecule has 2 aromatic rings. The summed E-state index contributed by atoms with van der Waals surface area (Å²) in [5, 5.41) is 4.49. The van der Waals surface area contributed by atoms with Crippen LogP contribution in [0.3, 0.4) is 0 Å². The summed E-state index contributed by atoms with van der Waals surface area (Å²) in [7, 11) is 1.97. The zero-order valence-electron chi connectivity index (χ0n) is 19.1. The molecule has 1 fully saturated rings. The Bertz CT molecular complexity index is 799. The van der Waals surface area contributed by atoms with Crippen LogP contribution in [0.25, 0.3) is 0 Å². The van der Waals surface area contributed by atoms with Gasteiger partial charge in [-0.15, -0.1) is 0 Å². The first kappa shape index (κ1) is 22.5. The number of carbonyl (C=O) groups excluding carboxylic acids is 1. The molecule has 2 heterocycles. The molecule has 30 heavy (non-hydrogen) atoms. The fourth-order valence-corrected chi connectivity index (χ4v) is 4.52. The van der Waals surface area contributed by atoms with Gasteiger partial charge < -0.3 is 4.90 Å². The van der Waals surface area contributed by atoms with E-state index in [-0.39, 0.29) is 0 Å². The summed E-state index contributed by atoms with van der Waals surface area (Å²) in [6.07, 6.45) is 7.26. The fraction of sp³-hybridized carbons (Fsp3) is 0.600. The van der Waals surface area contributed by atoms with E-state index in [1.165, 1.54) is 36.1 Å². The highest BCUT2D eigenvalue weighted by Gasteiger charge is 2.17. The summed E-state index contributed by atoms with van der Waals surface area (Å²) >= 11 is 0. The van der Waals surface area contributed by atoms with Gasteiger partial charge in [-0.3, -0.25) is 14.4 Å². The number of nitrogens with zero attached hydrogens (tertiary/aromatic N) is 4. The molecule has 0 spiro atoms. The Morgan fingerprint density at radius 2 is 1.60 bits per heavy atom. The monoisotopic (exact) mass is 410 g/mol. The second-order valence-corrected chi connectivity index (χ2v) is 8.68. The molecule has 5 nitrogen and oxygen atoms in total. The van der Waals surface area contributed by atoms with Crippen LogP contribution in [0.1, 0.15) is 61.0 Å². The fourth-order valence-electron chi connectivity index (χ4n) is 4.52. The van der Waals surface area contributed by atoms with Gasteiger partial charge in [0.2, 0.25) is 5.91 Å². The molecular weight excluding hydrogens is 372 g/mol. The molecule has 164 valence electrons. The largest absolute Gasteiger partial charge is 0.343 e. The Balaban J connectivity index is 1.54. The maximum Gasteiger partial charge on any atom is 0.222 e. The molecule has 1 aliphatic rings. The molecule has 0 bridgehead atoms. The third-order valence-electron chi connectivity index (χ3n) is 6.40. The van der Waals surface area contributed by atoms with Crippen molar-refractivity contribution in [3.63, 3.8) is 0 Å². The standard InChI is InChI=1S/C25H38N4O/c1-21-24(22(2)27(3)26-21)14-15-25(30)29-18-10-5-4-9-16-28(17-11-19-29)20-23-12-7-6-8-13-23/h6-8,12-13H,4-5,9-11,14-20H2,1-3H3. The van der Waals surface area contributed by atoms with Gasteiger partial charge in [0.05, 0.1) is 5.69 Å². The van der Waals surface area contributed by atoms with Crippen molar-refractivity contribution in [2.75, 3.05) is 26.2 Å². The van der Waals surface area contributed by atoms with E-state index in [9.17, 15) is 4.79 Å². The van der Waals surface area contributed by atoms with Gasteiger partial charge in [0.25, 0.3) is 0 Å². The van der Waals surface area contributed by atoms with E-state index >= 15 is 0 Å². The second-order valence-electron chi connectivity index (χ2n) is 8.68. The Labute approximate surface area is 182 Å². The highest BCUT2D eigenvalue weighted by molar-refractivity contribution is 5.76. The molecule has 0 radical (unpaired) electrons. The Morgan fingerprint density at radius 3 is 2.30 bits per heavy atom. The van der Waals surface area contributed by atoms with E-state index in [0.29, 0.717) is 12.3 Å². The predicted octanol–water partition coefficient (Wildman–Crippen LogP) is 4.26. The maximum atomic E-state index is 13.0. The third kappa shape index (κ3) is 6.43. The van der Waals surface area contributed by atoms with Crippen molar-refractivity contribution >= 4 is 5.91 Å². The van der Waals surface area contributed by atoms with Crippen molar-refractivity contribution in [2.24, 2.45) is 7.05 Å². The molecule has 0 N–H and O–H groups in total. The Morgan fingerprint density at radius 1 is 0.933 bits per heavy atom. The van der Waals surface area contributed by atoms with Crippen LogP contribution in [-0.4, -0.2) is 51.7 Å². The summed E-state index contributed by atoms with van der Waals surface area (Å²) in [6.45, 7) is 9.13. The van der Waals surface area contributed by atoms with E-state index in [4.69, 9.17) is 0 Å². The van der Waals surface area contributed by atoms with Crippen LogP contribution in [0.15, 0.2) is 30.3 Å². The third-order valence-corrected chi connectivity index (χ3v) is 6.40. The van der Waals surface area contributed by atoms with Gasteiger partial charge in [0, 0.05) is 45.3 Å². The first-order chi connectivity index (χ1) is 14.5. The lowest BCUT2D eigenvalue weighted by Gasteiger charge is -2.25. The van der Waals surface area contributed by atoms with E-state index in [1.807, 2.05) is 18.7 Å². The summed E-state index contributed by atoms with van der Waals surface area (Å²) in [6, 6.07) is 10.7. The van der Waals surface area contributed by atoms with E-state index in [2.05, 4.69) is 52.2 Å². The SMILES string of the molecule is Cc1nn(C)c(C)c1CCC(=O)N1CCCCCCN(Cc2ccccc2)CCC1. The minimum absolute atomic E-state index is 0.298. The van der Waals surface area contributed by atoms with Gasteiger partial charge in [-0.25, -0.2) is 0 Å². The van der Waals surface area contributed by atoms with Gasteiger partial charge in [-0.2, -0.15) is 5.10 Å². The summed E-state index contributed by atoms with van der Waals surface area (Å²) in [5.41, 5.74) is 4.84. The minimum Gasteiger partial charge on any atom is -0.343 e. The Hall–Kier alpha value is -2.14. The van der Waals surface area contributed by atoms with Gasteiger partial charge >= 0.3 is 0 Å². The minimum atomic E-state index is 0.298. The second kappa shape index (κ2) is 11.3. The van der Waals surface area contributed by atoms with Crippen LogP contribution in [0.4, 0.5) is 0 Å². The molecule has 1 amide bonds. The highest BCUT2D eigenvalue weighted by Crippen LogP contribution is 2.16. The van der Waals surface area contributed by atoms with Crippen molar-refractivity contribution in [1.82, 2.24) is 19.6 Å². The lowest BCUT2D eigenvalue weighted by molar-refractivity contribution is -0.131. The van der Waals surface area contributed by atoms with E-state index < -0.39 is 0 Å². The first-order valence-corrected chi connectivity index (χ1v) is 11.6. The van der Waals surface area contributed by atoms with Crippen LogP contribution in [0.2, 0.25) is 0 Å². The van der Waals surface area contributed by atoms with Crippen LogP contribution in [-0.2, 0) is 24.8 Å². The molecule has 3 rings (SSSR count). The van der Waals surface area contributed by atoms with Crippen molar-refractivity contribution < 1.29 is 4.79 Å². The molecule has 0 saturated carbocycles. The average molecular weight is 411 g/mol. The predicted molar refractivity (Wildman–Crippen MR) is 122 cm³/mol. The highest BCUT2D eigenvalue weighted by atomic mass is 16.2. The van der Waals surface area contributed by atoms with Crippen LogP contribution >= 0.6 is 0 Å². The number of hydrogen-bond acceptors (Lipinski definition) is 3. The summed E-state index contributed by atoms with van der Waals surface area (Å²) < 4.78 is 1.92. The Kier molecular flexibility index (Phi) is 8.50. The number of aryl methyl sites for hydroxylation is 2. The number of rotatable bonds is 5. The zero-order valence-corrected chi connectivity index (χ0v) is 19.1. The average Bonchev–Trinajstić information content (AvgIpc) is 2.95. The quantitative estimate of drug-likeness (QED) is 0.739. The zero-order chi connectivity index (χ0) is 21.3. The van der Waals surface area contributed by atoms with E-state index in [1.54, 1.807) is 0 Å². The van der Waals surface area contributed by atoms with Crippen LogP contribution in [0, 0.1) is 13.8 Å². The molecule has 0 aliphatic carbocycles. The van der Waals surface area contributed by atoms with Crippen LogP contribution in [0.5, 0.6) is 0 Å². The number of benzene rings is 1. The number of amides is 1. The molecule has 0 unspecified atom stereocenters. The van der Waals surface area contributed by atoms with Gasteiger partial charge in [0.15, 0.2) is 0 Å². The molecule has 5 heteroatoms. The van der Waals surface area contributed by atoms with E-state index in [0.717, 1.165) is 57.7 Å². The first-order valence-electron chi connectivity index (χ1n) is 11.6. The normalized spacial score (nSPS) is 17.0. The van der Waals surface area contributed by atoms with Crippen molar-refractivity contribution in [3.8, 4) is 0 Å². The lowest BCUT2D eigenvalue weighted by Crippen LogP contribution is -2.35. The van der Waals surface area contributed by atoms with Gasteiger partial charge in [0.1, 0.15) is 0 Å². The summed E-state index contributed by atoms with van der Waals surface area (Å²) in [4.78, 5) is 17.7. The molecule has 1 saturated heterocycles. The van der Waals surface area contributed by atoms with Crippen LogP contribution < -0.4 is 0 Å². The topological polar surface area (TPSA) is 41.4 Å². The molecule has 1 aliphatic heterocycles. The molecular formula is C25H38N4O. The van der Waals surface area contributed by atoms with Crippen molar-refractivity contribution in [3.05, 3.63) is 52.8 Å². The molecule has 0 atom stereocenters. The number of aromatic nitrogens is 2. The van der Waals surface area contributed by atoms with Crippen molar-refractivity contribution in [2.45, 2.75) is 65.3 Å². The van der Waals surface area contributed by atoms with Gasteiger partial charge in [-0.1, -0.05) is 43.2 Å². The maximum absolute atomic E-state index is 13.0. The van der Waals surface area contributed by atoms with Crippen molar-refractivity contribution in [1.29, 1.82) is 0 Å². The van der Waals surface area contributed by atoms with Gasteiger partial charge in [-0.05, 0) is 57.2 Å². The molecule has 1 aromatic carbocycles.